The van der Waals surface area contributed by atoms with Crippen LogP contribution >= 0.6 is 0 Å². The molecule has 27 heavy (non-hydrogen) atoms. The summed E-state index contributed by atoms with van der Waals surface area (Å²) in [5.41, 5.74) is -6.15. The second kappa shape index (κ2) is 7.57. The zero-order valence-electron chi connectivity index (χ0n) is 15.1. The number of benzene rings is 1. The number of carboxylic acids is 1. The molecule has 0 saturated heterocycles. The Hall–Kier alpha value is -1.97. The van der Waals surface area contributed by atoms with E-state index in [9.17, 15) is 36.2 Å². The topological polar surface area (TPSA) is 69.6 Å². The van der Waals surface area contributed by atoms with Crippen LogP contribution in [0.25, 0.3) is 0 Å². The first kappa shape index (κ1) is 23.1. The van der Waals surface area contributed by atoms with Crippen LogP contribution in [0.1, 0.15) is 56.2 Å². The van der Waals surface area contributed by atoms with Crippen molar-refractivity contribution in [2.45, 2.75) is 57.5 Å². The van der Waals surface area contributed by atoms with E-state index < -0.39 is 47.9 Å². The van der Waals surface area contributed by atoms with Gasteiger partial charge in [0.2, 0.25) is 0 Å². The van der Waals surface area contributed by atoms with Crippen LogP contribution in [0.5, 0.6) is 0 Å². The lowest BCUT2D eigenvalue weighted by atomic mass is 9.83. The highest BCUT2D eigenvalue weighted by molar-refractivity contribution is 5.75. The van der Waals surface area contributed by atoms with Crippen LogP contribution in [0.4, 0.5) is 32.0 Å². The number of nitrogens with one attached hydrogen (secondary N) is 1. The molecule has 0 aliphatic heterocycles. The highest BCUT2D eigenvalue weighted by atomic mass is 19.4. The maximum absolute atomic E-state index is 13.2. The van der Waals surface area contributed by atoms with Crippen molar-refractivity contribution in [1.29, 1.82) is 0 Å². The molecule has 0 aliphatic carbocycles. The Morgan fingerprint density at radius 2 is 1.33 bits per heavy atom. The van der Waals surface area contributed by atoms with Gasteiger partial charge in [0.05, 0.1) is 0 Å². The second-order valence-corrected chi connectivity index (χ2v) is 6.79. The average Bonchev–Trinajstić information content (AvgIpc) is 2.48. The summed E-state index contributed by atoms with van der Waals surface area (Å²) in [6.07, 6.45) is -12.0. The maximum Gasteiger partial charge on any atom is 0.430 e. The van der Waals surface area contributed by atoms with Gasteiger partial charge in [0.15, 0.2) is 0 Å². The molecule has 1 rings (SSSR count). The van der Waals surface area contributed by atoms with Crippen molar-refractivity contribution < 1.29 is 41.4 Å². The predicted molar refractivity (Wildman–Crippen MR) is 86.8 cm³/mol. The molecule has 3 N–H and O–H groups in total. The van der Waals surface area contributed by atoms with Crippen LogP contribution in [-0.4, -0.2) is 35.1 Å². The summed E-state index contributed by atoms with van der Waals surface area (Å²) >= 11 is 0. The molecule has 0 heterocycles. The summed E-state index contributed by atoms with van der Waals surface area (Å²) in [6, 6.07) is 1.25. The number of hydrogen-bond acceptors (Lipinski definition) is 3. The number of carbonyl (C=O) groups is 1. The lowest BCUT2D eigenvalue weighted by Crippen LogP contribution is -2.54. The Kier molecular flexibility index (Phi) is 6.47. The number of halogens is 6. The Morgan fingerprint density at radius 3 is 1.59 bits per heavy atom. The van der Waals surface area contributed by atoms with Crippen LogP contribution in [-0.2, 0) is 10.4 Å². The fourth-order valence-electron chi connectivity index (χ4n) is 2.66. The number of hydrogen-bond donors (Lipinski definition) is 3. The standard InChI is InChI=1S/C17H21F6NO3/c1-8(2)11-5-10(15(27,16(18,19)20)17(21,22)23)6-12(9(3)4)14(11)24-7-13(25)26/h5-6,8-9,24,27H,7H2,1-4H3,(H,25,26). The van der Waals surface area contributed by atoms with Crippen molar-refractivity contribution in [2.75, 3.05) is 11.9 Å². The number of alkyl halides is 6. The molecule has 0 aliphatic rings. The lowest BCUT2D eigenvalue weighted by Gasteiger charge is -2.34. The van der Waals surface area contributed by atoms with Crippen molar-refractivity contribution in [2.24, 2.45) is 0 Å². The molecule has 0 aromatic heterocycles. The molecular weight excluding hydrogens is 380 g/mol. The van der Waals surface area contributed by atoms with E-state index in [1.165, 1.54) is 27.7 Å². The molecule has 0 unspecified atom stereocenters. The molecule has 0 spiro atoms. The van der Waals surface area contributed by atoms with Crippen molar-refractivity contribution in [3.63, 3.8) is 0 Å². The van der Waals surface area contributed by atoms with E-state index in [0.29, 0.717) is 12.1 Å². The Balaban J connectivity index is 3.84. The zero-order chi connectivity index (χ0) is 21.4. The molecule has 10 heteroatoms. The quantitative estimate of drug-likeness (QED) is 0.602. The van der Waals surface area contributed by atoms with E-state index in [1.54, 1.807) is 0 Å². The number of anilines is 1. The minimum atomic E-state index is -6.00. The Labute approximate surface area is 152 Å². The molecule has 0 fully saturated rings. The molecule has 154 valence electrons. The first-order valence-corrected chi connectivity index (χ1v) is 8.03. The zero-order valence-corrected chi connectivity index (χ0v) is 15.1. The second-order valence-electron chi connectivity index (χ2n) is 6.79. The molecular formula is C17H21F6NO3. The van der Waals surface area contributed by atoms with E-state index in [1.807, 2.05) is 0 Å². The van der Waals surface area contributed by atoms with Gasteiger partial charge in [0.1, 0.15) is 6.54 Å². The molecule has 0 amide bonds. The minimum Gasteiger partial charge on any atom is -0.480 e. The minimum absolute atomic E-state index is 0.0457. The van der Waals surface area contributed by atoms with Gasteiger partial charge in [-0.05, 0) is 35.1 Å². The first-order chi connectivity index (χ1) is 12.0. The van der Waals surface area contributed by atoms with Gasteiger partial charge in [0.25, 0.3) is 5.60 Å². The van der Waals surface area contributed by atoms with Crippen LogP contribution < -0.4 is 5.32 Å². The third-order valence-corrected chi connectivity index (χ3v) is 4.10. The van der Waals surface area contributed by atoms with Crippen LogP contribution in [0, 0.1) is 0 Å². The van der Waals surface area contributed by atoms with E-state index in [4.69, 9.17) is 5.11 Å². The highest BCUT2D eigenvalue weighted by Crippen LogP contribution is 2.51. The summed E-state index contributed by atoms with van der Waals surface area (Å²) < 4.78 is 79.5. The van der Waals surface area contributed by atoms with Crippen LogP contribution in [0.15, 0.2) is 12.1 Å². The van der Waals surface area contributed by atoms with Crippen molar-refractivity contribution in [3.8, 4) is 0 Å². The number of aliphatic hydroxyl groups is 1. The van der Waals surface area contributed by atoms with Crippen LogP contribution in [0.2, 0.25) is 0 Å². The lowest BCUT2D eigenvalue weighted by molar-refractivity contribution is -0.376. The van der Waals surface area contributed by atoms with Crippen molar-refractivity contribution in [3.05, 3.63) is 28.8 Å². The van der Waals surface area contributed by atoms with Gasteiger partial charge in [0, 0.05) is 11.3 Å². The summed E-state index contributed by atoms with van der Waals surface area (Å²) in [5.74, 6) is -2.32. The van der Waals surface area contributed by atoms with Gasteiger partial charge in [-0.15, -0.1) is 0 Å². The summed E-state index contributed by atoms with van der Waals surface area (Å²) in [4.78, 5) is 10.8. The molecule has 0 saturated carbocycles. The third-order valence-electron chi connectivity index (χ3n) is 4.10. The highest BCUT2D eigenvalue weighted by Gasteiger charge is 2.71. The summed E-state index contributed by atoms with van der Waals surface area (Å²) in [5, 5.41) is 21.1. The molecule has 0 bridgehead atoms. The summed E-state index contributed by atoms with van der Waals surface area (Å²) in [7, 11) is 0. The van der Waals surface area contributed by atoms with Crippen molar-refractivity contribution in [1.82, 2.24) is 0 Å². The van der Waals surface area contributed by atoms with Crippen LogP contribution in [0.3, 0.4) is 0 Å². The van der Waals surface area contributed by atoms with Gasteiger partial charge >= 0.3 is 18.3 Å². The van der Waals surface area contributed by atoms with Gasteiger partial charge in [-0.3, -0.25) is 4.79 Å². The van der Waals surface area contributed by atoms with Crippen molar-refractivity contribution >= 4 is 11.7 Å². The molecule has 4 nitrogen and oxygen atoms in total. The SMILES string of the molecule is CC(C)c1cc(C(O)(C(F)(F)F)C(F)(F)F)cc(C(C)C)c1NCC(=O)O. The smallest absolute Gasteiger partial charge is 0.430 e. The summed E-state index contributed by atoms with van der Waals surface area (Å²) in [6.45, 7) is 5.58. The monoisotopic (exact) mass is 401 g/mol. The Bertz CT molecular complexity index is 652. The largest absolute Gasteiger partial charge is 0.480 e. The number of aliphatic carboxylic acids is 1. The number of carboxylic acid groups (broad SMARTS) is 1. The normalized spacial score (nSPS) is 13.4. The van der Waals surface area contributed by atoms with Gasteiger partial charge < -0.3 is 15.5 Å². The predicted octanol–water partition coefficient (Wildman–Crippen LogP) is 4.74. The fourth-order valence-corrected chi connectivity index (χ4v) is 2.66. The Morgan fingerprint density at radius 1 is 0.963 bits per heavy atom. The average molecular weight is 401 g/mol. The molecule has 0 atom stereocenters. The van der Waals surface area contributed by atoms with Gasteiger partial charge in [-0.1, -0.05) is 27.7 Å². The first-order valence-electron chi connectivity index (χ1n) is 8.03. The molecule has 1 aromatic carbocycles. The fraction of sp³-hybridized carbons (Fsp3) is 0.588. The number of rotatable bonds is 6. The van der Waals surface area contributed by atoms with E-state index in [0.717, 1.165) is 0 Å². The van der Waals surface area contributed by atoms with E-state index >= 15 is 0 Å². The van der Waals surface area contributed by atoms with E-state index in [2.05, 4.69) is 5.32 Å². The van der Waals surface area contributed by atoms with E-state index in [-0.39, 0.29) is 16.8 Å². The molecule has 1 aromatic rings. The van der Waals surface area contributed by atoms with Gasteiger partial charge in [-0.2, -0.15) is 26.3 Å². The third kappa shape index (κ3) is 4.48. The molecule has 0 radical (unpaired) electrons. The maximum atomic E-state index is 13.2. The van der Waals surface area contributed by atoms with Gasteiger partial charge in [-0.25, -0.2) is 0 Å².